The van der Waals surface area contributed by atoms with E-state index in [9.17, 15) is 0 Å². The Balaban J connectivity index is 1.98. The molecule has 0 aliphatic rings. The predicted octanol–water partition coefficient (Wildman–Crippen LogP) is 4.03. The van der Waals surface area contributed by atoms with Gasteiger partial charge in [-0.2, -0.15) is 0 Å². The molecule has 0 N–H and O–H groups in total. The van der Waals surface area contributed by atoms with Crippen molar-refractivity contribution in [2.45, 2.75) is 0 Å². The van der Waals surface area contributed by atoms with Crippen LogP contribution in [-0.2, 0) is 4.44 Å². The van der Waals surface area contributed by atoms with Gasteiger partial charge in [-0.05, 0) is 12.1 Å². The Morgan fingerprint density at radius 2 is 1.50 bits per heavy atom. The maximum absolute atomic E-state index is 6.07. The molecular formula is C18H12BO2P. The van der Waals surface area contributed by atoms with Gasteiger partial charge in [0.15, 0.2) is 0 Å². The molecule has 0 unspecified atom stereocenters. The van der Waals surface area contributed by atoms with Crippen molar-refractivity contribution in [3.8, 4) is 0 Å². The zero-order valence-electron chi connectivity index (χ0n) is 11.8. The van der Waals surface area contributed by atoms with Crippen molar-refractivity contribution in [2.24, 2.45) is 0 Å². The minimum atomic E-state index is -1.10. The first-order valence-electron chi connectivity index (χ1n) is 7.01. The van der Waals surface area contributed by atoms with Crippen molar-refractivity contribution in [2.75, 3.05) is 0 Å². The van der Waals surface area contributed by atoms with Gasteiger partial charge < -0.3 is 8.86 Å². The first-order chi connectivity index (χ1) is 10.9. The second-order valence-corrected chi connectivity index (χ2v) is 6.79. The van der Waals surface area contributed by atoms with E-state index in [1.807, 2.05) is 60.7 Å². The monoisotopic (exact) mass is 302 g/mol. The maximum Gasteiger partial charge on any atom is 0.289 e. The third kappa shape index (κ3) is 2.14. The Hall–Kier alpha value is -2.09. The molecule has 2 radical (unpaired) electrons. The zero-order chi connectivity index (χ0) is 14.9. The highest BCUT2D eigenvalue weighted by Crippen LogP contribution is 2.38. The van der Waals surface area contributed by atoms with Gasteiger partial charge in [0.25, 0.3) is 8.05 Å². The van der Waals surface area contributed by atoms with E-state index in [0.29, 0.717) is 0 Å². The Morgan fingerprint density at radius 1 is 0.773 bits per heavy atom. The van der Waals surface area contributed by atoms with Crippen LogP contribution in [0.2, 0.25) is 0 Å². The third-order valence-electron chi connectivity index (χ3n) is 3.70. The lowest BCUT2D eigenvalue weighted by molar-refractivity contribution is 0.669. The number of fused-ring (bicyclic) bond motifs is 3. The van der Waals surface area contributed by atoms with Gasteiger partial charge >= 0.3 is 0 Å². The Kier molecular flexibility index (Phi) is 3.46. The van der Waals surface area contributed by atoms with E-state index >= 15 is 0 Å². The number of para-hydroxylation sites is 2. The molecule has 4 aromatic rings. The molecule has 4 heteroatoms. The molecule has 2 nitrogen and oxygen atoms in total. The summed E-state index contributed by atoms with van der Waals surface area (Å²) in [6.07, 6.45) is 0. The second-order valence-electron chi connectivity index (χ2n) is 4.99. The van der Waals surface area contributed by atoms with Crippen LogP contribution in [-0.4, -0.2) is 8.05 Å². The van der Waals surface area contributed by atoms with Crippen molar-refractivity contribution in [3.05, 3.63) is 72.8 Å². The maximum atomic E-state index is 6.07. The molecule has 0 aliphatic carbocycles. The van der Waals surface area contributed by atoms with Crippen LogP contribution >= 0.6 is 8.15 Å². The molecule has 0 aliphatic heterocycles. The van der Waals surface area contributed by atoms with Gasteiger partial charge in [-0.15, -0.1) is 0 Å². The van der Waals surface area contributed by atoms with Gasteiger partial charge in [-0.25, -0.2) is 0 Å². The lowest BCUT2D eigenvalue weighted by Gasteiger charge is -2.16. The number of hydrogen-bond acceptors (Lipinski definition) is 2. The van der Waals surface area contributed by atoms with Crippen LogP contribution in [0.15, 0.2) is 77.2 Å². The normalized spacial score (nSPS) is 12.7. The van der Waals surface area contributed by atoms with E-state index in [-0.39, 0.29) is 0 Å². The Morgan fingerprint density at radius 3 is 2.32 bits per heavy atom. The molecule has 22 heavy (non-hydrogen) atoms. The van der Waals surface area contributed by atoms with Crippen LogP contribution in [0.1, 0.15) is 0 Å². The molecule has 0 amide bonds. The molecule has 1 aromatic heterocycles. The lowest BCUT2D eigenvalue weighted by atomic mass is 10.1. The molecule has 0 saturated heterocycles. The zero-order valence-corrected chi connectivity index (χ0v) is 12.7. The summed E-state index contributed by atoms with van der Waals surface area (Å²) in [6, 6.07) is 24.2. The van der Waals surface area contributed by atoms with Crippen molar-refractivity contribution >= 4 is 48.7 Å². The number of hydrogen-bond donors (Lipinski definition) is 0. The topological polar surface area (TPSA) is 22.4 Å². The molecule has 0 fully saturated rings. The summed E-state index contributed by atoms with van der Waals surface area (Å²) < 4.78 is 11.4. The molecular weight excluding hydrogens is 290 g/mol. The molecule has 104 valence electrons. The molecule has 4 rings (SSSR count). The highest BCUT2D eigenvalue weighted by molar-refractivity contribution is 7.69. The summed E-state index contributed by atoms with van der Waals surface area (Å²) in [6.45, 7) is 0. The van der Waals surface area contributed by atoms with Gasteiger partial charge in [0, 0.05) is 21.4 Å². The third-order valence-corrected chi connectivity index (χ3v) is 5.47. The first-order valence-corrected chi connectivity index (χ1v) is 8.27. The van der Waals surface area contributed by atoms with Crippen LogP contribution in [0.25, 0.3) is 21.9 Å². The molecule has 0 bridgehead atoms. The van der Waals surface area contributed by atoms with E-state index < -0.39 is 8.15 Å². The SMILES string of the molecule is [B]O[P@](c1ccccc1)c1cccc2c1oc1ccccc12. The summed E-state index contributed by atoms with van der Waals surface area (Å²) in [5.41, 5.74) is 1.73. The summed E-state index contributed by atoms with van der Waals surface area (Å²) in [5.74, 6) is 0. The average molecular weight is 302 g/mol. The van der Waals surface area contributed by atoms with Crippen molar-refractivity contribution in [1.29, 1.82) is 0 Å². The van der Waals surface area contributed by atoms with Crippen LogP contribution in [0.3, 0.4) is 0 Å². The van der Waals surface area contributed by atoms with Crippen LogP contribution in [0.5, 0.6) is 0 Å². The van der Waals surface area contributed by atoms with Crippen LogP contribution in [0.4, 0.5) is 0 Å². The summed E-state index contributed by atoms with van der Waals surface area (Å²) >= 11 is 0. The van der Waals surface area contributed by atoms with Gasteiger partial charge in [-0.1, -0.05) is 60.7 Å². The number of benzene rings is 3. The fraction of sp³-hybridized carbons (Fsp3) is 0. The Bertz CT molecular complexity index is 934. The van der Waals surface area contributed by atoms with Gasteiger partial charge in [0.1, 0.15) is 11.2 Å². The number of furan rings is 1. The molecule has 1 heterocycles. The minimum Gasteiger partial charge on any atom is -0.455 e. The highest BCUT2D eigenvalue weighted by Gasteiger charge is 2.19. The average Bonchev–Trinajstić information content (AvgIpc) is 2.96. The standard InChI is InChI=1S/C18H12BO2P/c19-21-22(13-7-2-1-3-8-13)17-12-6-10-15-14-9-4-5-11-16(14)20-18(15)17/h1-12H/t22-/m1/s1. The van der Waals surface area contributed by atoms with Gasteiger partial charge in [-0.3, -0.25) is 0 Å². The van der Waals surface area contributed by atoms with Crippen molar-refractivity contribution in [3.63, 3.8) is 0 Å². The Labute approximate surface area is 131 Å². The van der Waals surface area contributed by atoms with E-state index in [2.05, 4.69) is 12.1 Å². The van der Waals surface area contributed by atoms with E-state index in [4.69, 9.17) is 16.9 Å². The smallest absolute Gasteiger partial charge is 0.289 e. The predicted molar refractivity (Wildman–Crippen MR) is 93.2 cm³/mol. The second kappa shape index (κ2) is 5.60. The fourth-order valence-electron chi connectivity index (χ4n) is 2.71. The summed E-state index contributed by atoms with van der Waals surface area (Å²) in [4.78, 5) is 0. The van der Waals surface area contributed by atoms with E-state index in [1.165, 1.54) is 0 Å². The molecule has 0 spiro atoms. The summed E-state index contributed by atoms with van der Waals surface area (Å²) in [5, 5.41) is 4.26. The summed E-state index contributed by atoms with van der Waals surface area (Å²) in [7, 11) is 4.51. The highest BCUT2D eigenvalue weighted by atomic mass is 31.1. The van der Waals surface area contributed by atoms with E-state index in [1.54, 1.807) is 0 Å². The van der Waals surface area contributed by atoms with Crippen molar-refractivity contribution < 1.29 is 8.86 Å². The number of rotatable bonds is 3. The van der Waals surface area contributed by atoms with Crippen LogP contribution in [0, 0.1) is 0 Å². The first kappa shape index (κ1) is 13.6. The quantitative estimate of drug-likeness (QED) is 0.421. The molecule has 3 aromatic carbocycles. The fourth-order valence-corrected chi connectivity index (χ4v) is 4.24. The molecule has 0 saturated carbocycles. The van der Waals surface area contributed by atoms with Crippen LogP contribution < -0.4 is 10.6 Å². The lowest BCUT2D eigenvalue weighted by Crippen LogP contribution is -2.13. The minimum absolute atomic E-state index is 0.851. The largest absolute Gasteiger partial charge is 0.455 e. The van der Waals surface area contributed by atoms with Gasteiger partial charge in [0.2, 0.25) is 0 Å². The van der Waals surface area contributed by atoms with Crippen molar-refractivity contribution in [1.82, 2.24) is 0 Å². The van der Waals surface area contributed by atoms with E-state index in [0.717, 1.165) is 32.5 Å². The van der Waals surface area contributed by atoms with Gasteiger partial charge in [0.05, 0.1) is 8.15 Å². The molecule has 1 atom stereocenters.